The molecule has 2 aromatic rings. The molecule has 90 valence electrons. The molecule has 1 heterocycles. The van der Waals surface area contributed by atoms with Gasteiger partial charge in [0.1, 0.15) is 6.29 Å². The SMILES string of the molecule is CC.NC(C=O)Cc1ccc2ccccc2n1. The van der Waals surface area contributed by atoms with Gasteiger partial charge in [0.2, 0.25) is 0 Å². The first-order valence-electron chi connectivity index (χ1n) is 5.85. The Morgan fingerprint density at radius 3 is 2.65 bits per heavy atom. The van der Waals surface area contributed by atoms with Gasteiger partial charge >= 0.3 is 0 Å². The van der Waals surface area contributed by atoms with E-state index in [1.807, 2.05) is 50.2 Å². The summed E-state index contributed by atoms with van der Waals surface area (Å²) in [5.74, 6) is 0. The molecule has 1 unspecified atom stereocenters. The summed E-state index contributed by atoms with van der Waals surface area (Å²) in [6.07, 6.45) is 1.24. The van der Waals surface area contributed by atoms with E-state index in [4.69, 9.17) is 5.73 Å². The molecule has 2 N–H and O–H groups in total. The Balaban J connectivity index is 0.000000686. The number of pyridine rings is 1. The third-order valence-corrected chi connectivity index (χ3v) is 2.28. The first-order chi connectivity index (χ1) is 8.29. The number of nitrogens with two attached hydrogens (primary N) is 1. The van der Waals surface area contributed by atoms with E-state index >= 15 is 0 Å². The van der Waals surface area contributed by atoms with E-state index in [0.29, 0.717) is 6.42 Å². The number of nitrogens with zero attached hydrogens (tertiary/aromatic N) is 1. The van der Waals surface area contributed by atoms with Crippen molar-refractivity contribution in [2.24, 2.45) is 5.73 Å². The molecule has 1 aromatic carbocycles. The van der Waals surface area contributed by atoms with E-state index in [9.17, 15) is 4.79 Å². The van der Waals surface area contributed by atoms with Gasteiger partial charge in [-0.2, -0.15) is 0 Å². The van der Waals surface area contributed by atoms with Crippen molar-refractivity contribution in [3.8, 4) is 0 Å². The van der Waals surface area contributed by atoms with Crippen LogP contribution >= 0.6 is 0 Å². The number of hydrogen-bond donors (Lipinski definition) is 1. The molecule has 17 heavy (non-hydrogen) atoms. The maximum absolute atomic E-state index is 10.4. The van der Waals surface area contributed by atoms with E-state index in [1.54, 1.807) is 0 Å². The number of fused-ring (bicyclic) bond motifs is 1. The monoisotopic (exact) mass is 230 g/mol. The van der Waals surface area contributed by atoms with Crippen LogP contribution in [0.2, 0.25) is 0 Å². The highest BCUT2D eigenvalue weighted by atomic mass is 16.1. The molecule has 2 rings (SSSR count). The van der Waals surface area contributed by atoms with E-state index in [-0.39, 0.29) is 0 Å². The van der Waals surface area contributed by atoms with Gasteiger partial charge in [-0.05, 0) is 12.1 Å². The highest BCUT2D eigenvalue weighted by Gasteiger charge is 2.03. The van der Waals surface area contributed by atoms with Crippen LogP contribution in [0.1, 0.15) is 19.5 Å². The average molecular weight is 230 g/mol. The first-order valence-corrected chi connectivity index (χ1v) is 5.85. The zero-order chi connectivity index (χ0) is 12.7. The van der Waals surface area contributed by atoms with Gasteiger partial charge in [-0.25, -0.2) is 0 Å². The number of hydrogen-bond acceptors (Lipinski definition) is 3. The Hall–Kier alpha value is -1.74. The zero-order valence-electron chi connectivity index (χ0n) is 10.3. The second-order valence-electron chi connectivity index (χ2n) is 3.50. The Bertz CT molecular complexity index is 482. The smallest absolute Gasteiger partial charge is 0.137 e. The van der Waals surface area contributed by atoms with Crippen LogP contribution in [0.25, 0.3) is 10.9 Å². The predicted octanol–water partition coefficient (Wildman–Crippen LogP) is 2.33. The standard InChI is InChI=1S/C12H12N2O.C2H6/c13-10(8-15)7-11-6-5-9-3-1-2-4-12(9)14-11;1-2/h1-6,8,10H,7,13H2;1-2H3. The van der Waals surface area contributed by atoms with E-state index < -0.39 is 6.04 Å². The number of aldehydes is 1. The van der Waals surface area contributed by atoms with Crippen LogP contribution in [0.15, 0.2) is 36.4 Å². The summed E-state index contributed by atoms with van der Waals surface area (Å²) in [4.78, 5) is 14.8. The molecule has 0 bridgehead atoms. The third-order valence-electron chi connectivity index (χ3n) is 2.28. The number of carbonyl (C=O) groups excluding carboxylic acids is 1. The molecule has 0 saturated carbocycles. The van der Waals surface area contributed by atoms with Crippen LogP contribution in [0.4, 0.5) is 0 Å². The predicted molar refractivity (Wildman–Crippen MR) is 70.8 cm³/mol. The maximum Gasteiger partial charge on any atom is 0.137 e. The summed E-state index contributed by atoms with van der Waals surface area (Å²) in [7, 11) is 0. The van der Waals surface area contributed by atoms with Gasteiger partial charge < -0.3 is 10.5 Å². The molecule has 0 radical (unpaired) electrons. The minimum absolute atomic E-state index is 0.460. The molecule has 0 fully saturated rings. The molecular weight excluding hydrogens is 212 g/mol. The molecule has 1 aromatic heterocycles. The lowest BCUT2D eigenvalue weighted by molar-refractivity contribution is -0.108. The van der Waals surface area contributed by atoms with Crippen LogP contribution in [-0.4, -0.2) is 17.3 Å². The lowest BCUT2D eigenvalue weighted by atomic mass is 10.1. The minimum atomic E-state index is -0.460. The van der Waals surface area contributed by atoms with Gasteiger partial charge in [-0.15, -0.1) is 0 Å². The summed E-state index contributed by atoms with van der Waals surface area (Å²) in [5.41, 5.74) is 7.33. The number of benzene rings is 1. The Kier molecular flexibility index (Phi) is 5.30. The molecule has 0 aliphatic heterocycles. The first kappa shape index (κ1) is 13.3. The van der Waals surface area contributed by atoms with Crippen LogP contribution in [-0.2, 0) is 11.2 Å². The zero-order valence-corrected chi connectivity index (χ0v) is 10.3. The van der Waals surface area contributed by atoms with E-state index in [1.165, 1.54) is 0 Å². The van der Waals surface area contributed by atoms with Gasteiger partial charge in [0.25, 0.3) is 0 Å². The van der Waals surface area contributed by atoms with Crippen molar-refractivity contribution >= 4 is 17.2 Å². The number of carbonyl (C=O) groups is 1. The number of aromatic nitrogens is 1. The van der Waals surface area contributed by atoms with Gasteiger partial charge in [-0.3, -0.25) is 4.98 Å². The van der Waals surface area contributed by atoms with Gasteiger partial charge in [0, 0.05) is 17.5 Å². The lowest BCUT2D eigenvalue weighted by Crippen LogP contribution is -2.24. The second-order valence-corrected chi connectivity index (χ2v) is 3.50. The summed E-state index contributed by atoms with van der Waals surface area (Å²) in [6, 6.07) is 11.3. The Morgan fingerprint density at radius 1 is 1.24 bits per heavy atom. The van der Waals surface area contributed by atoms with Crippen molar-refractivity contribution in [2.75, 3.05) is 0 Å². The summed E-state index contributed by atoms with van der Waals surface area (Å²) in [5, 5.41) is 1.10. The summed E-state index contributed by atoms with van der Waals surface area (Å²) < 4.78 is 0. The highest BCUT2D eigenvalue weighted by molar-refractivity contribution is 5.78. The Labute approximate surface area is 102 Å². The van der Waals surface area contributed by atoms with E-state index in [2.05, 4.69) is 4.98 Å². The fraction of sp³-hybridized carbons (Fsp3) is 0.286. The van der Waals surface area contributed by atoms with Crippen molar-refractivity contribution in [3.05, 3.63) is 42.1 Å². The quantitative estimate of drug-likeness (QED) is 0.823. The van der Waals surface area contributed by atoms with Crippen LogP contribution in [0.3, 0.4) is 0 Å². The van der Waals surface area contributed by atoms with Crippen LogP contribution in [0, 0.1) is 0 Å². The molecule has 1 atom stereocenters. The summed E-state index contributed by atoms with van der Waals surface area (Å²) >= 11 is 0. The van der Waals surface area contributed by atoms with Crippen LogP contribution < -0.4 is 5.73 Å². The Morgan fingerprint density at radius 2 is 1.94 bits per heavy atom. The van der Waals surface area contributed by atoms with Gasteiger partial charge in [0.15, 0.2) is 0 Å². The van der Waals surface area contributed by atoms with Crippen molar-refractivity contribution in [2.45, 2.75) is 26.3 Å². The topological polar surface area (TPSA) is 56.0 Å². The van der Waals surface area contributed by atoms with Gasteiger partial charge in [0.05, 0.1) is 11.6 Å². The van der Waals surface area contributed by atoms with Crippen LogP contribution in [0.5, 0.6) is 0 Å². The molecule has 0 spiro atoms. The molecule has 0 amide bonds. The van der Waals surface area contributed by atoms with Gasteiger partial charge in [-0.1, -0.05) is 38.1 Å². The van der Waals surface area contributed by atoms with Crippen molar-refractivity contribution in [1.82, 2.24) is 4.98 Å². The highest BCUT2D eigenvalue weighted by Crippen LogP contribution is 2.12. The maximum atomic E-state index is 10.4. The molecular formula is C14H18N2O. The largest absolute Gasteiger partial charge is 0.321 e. The fourth-order valence-corrected chi connectivity index (χ4v) is 1.51. The molecule has 0 aliphatic carbocycles. The lowest BCUT2D eigenvalue weighted by Gasteiger charge is -2.04. The molecule has 0 aliphatic rings. The second kappa shape index (κ2) is 6.76. The third kappa shape index (κ3) is 3.64. The van der Waals surface area contributed by atoms with Crippen molar-refractivity contribution in [3.63, 3.8) is 0 Å². The average Bonchev–Trinajstić information content (AvgIpc) is 2.41. The number of rotatable bonds is 3. The normalized spacial score (nSPS) is 11.5. The van der Waals surface area contributed by atoms with Crippen molar-refractivity contribution < 1.29 is 4.79 Å². The molecule has 3 heteroatoms. The molecule has 3 nitrogen and oxygen atoms in total. The molecule has 0 saturated heterocycles. The fourth-order valence-electron chi connectivity index (χ4n) is 1.51. The number of para-hydroxylation sites is 1. The van der Waals surface area contributed by atoms with E-state index in [0.717, 1.165) is 22.9 Å². The minimum Gasteiger partial charge on any atom is -0.321 e. The van der Waals surface area contributed by atoms with Crippen molar-refractivity contribution in [1.29, 1.82) is 0 Å². The summed E-state index contributed by atoms with van der Waals surface area (Å²) in [6.45, 7) is 4.00.